The Morgan fingerprint density at radius 3 is 2.19 bits per heavy atom. The maximum atomic E-state index is 12.4. The van der Waals surface area contributed by atoms with Gasteiger partial charge in [-0.2, -0.15) is 0 Å². The fourth-order valence-corrected chi connectivity index (χ4v) is 2.93. The van der Waals surface area contributed by atoms with Crippen LogP contribution in [0.3, 0.4) is 0 Å². The SMILES string of the molecule is COc1cc(CCC(=O)N(C)Cc2cccc(Cl)c2)cc(OC)c1OC. The Balaban J connectivity index is 2.02. The van der Waals surface area contributed by atoms with Gasteiger partial charge in [0.15, 0.2) is 11.5 Å². The minimum Gasteiger partial charge on any atom is -0.493 e. The minimum absolute atomic E-state index is 0.0544. The van der Waals surface area contributed by atoms with Crippen molar-refractivity contribution in [2.45, 2.75) is 19.4 Å². The van der Waals surface area contributed by atoms with Crippen LogP contribution in [0.1, 0.15) is 17.5 Å². The van der Waals surface area contributed by atoms with Gasteiger partial charge in [0.1, 0.15) is 0 Å². The van der Waals surface area contributed by atoms with Gasteiger partial charge in [-0.25, -0.2) is 0 Å². The number of aryl methyl sites for hydroxylation is 1. The Bertz CT molecular complexity index is 738. The lowest BCUT2D eigenvalue weighted by Crippen LogP contribution is -2.26. The molecular formula is C20H24ClNO4. The van der Waals surface area contributed by atoms with Gasteiger partial charge in [-0.15, -0.1) is 0 Å². The lowest BCUT2D eigenvalue weighted by atomic mass is 10.1. The normalized spacial score (nSPS) is 10.3. The summed E-state index contributed by atoms with van der Waals surface area (Å²) in [6.07, 6.45) is 0.963. The first-order chi connectivity index (χ1) is 12.5. The maximum Gasteiger partial charge on any atom is 0.222 e. The number of hydrogen-bond acceptors (Lipinski definition) is 4. The summed E-state index contributed by atoms with van der Waals surface area (Å²) in [7, 11) is 6.50. The van der Waals surface area contributed by atoms with E-state index < -0.39 is 0 Å². The fourth-order valence-electron chi connectivity index (χ4n) is 2.72. The Morgan fingerprint density at radius 1 is 1.00 bits per heavy atom. The molecule has 0 spiro atoms. The van der Waals surface area contributed by atoms with Crippen LogP contribution in [0, 0.1) is 0 Å². The van der Waals surface area contributed by atoms with Gasteiger partial charge in [-0.3, -0.25) is 4.79 Å². The number of carbonyl (C=O) groups is 1. The number of benzene rings is 2. The minimum atomic E-state index is 0.0544. The first kappa shape index (κ1) is 19.9. The number of rotatable bonds is 8. The third kappa shape index (κ3) is 5.05. The average Bonchev–Trinajstić information content (AvgIpc) is 2.64. The highest BCUT2D eigenvalue weighted by atomic mass is 35.5. The van der Waals surface area contributed by atoms with Gasteiger partial charge in [0, 0.05) is 25.0 Å². The van der Waals surface area contributed by atoms with Crippen LogP contribution < -0.4 is 14.2 Å². The van der Waals surface area contributed by atoms with Crippen LogP contribution in [-0.4, -0.2) is 39.2 Å². The largest absolute Gasteiger partial charge is 0.493 e. The summed E-state index contributed by atoms with van der Waals surface area (Å²) in [5, 5.41) is 0.667. The van der Waals surface area contributed by atoms with Gasteiger partial charge in [-0.05, 0) is 41.8 Å². The Kier molecular flexibility index (Phi) is 7.16. The van der Waals surface area contributed by atoms with Gasteiger partial charge in [0.25, 0.3) is 0 Å². The van der Waals surface area contributed by atoms with E-state index in [4.69, 9.17) is 25.8 Å². The highest BCUT2D eigenvalue weighted by molar-refractivity contribution is 6.30. The zero-order valence-electron chi connectivity index (χ0n) is 15.5. The Hall–Kier alpha value is -2.40. The van der Waals surface area contributed by atoms with Crippen LogP contribution in [0.25, 0.3) is 0 Å². The summed E-state index contributed by atoms with van der Waals surface area (Å²) in [5.41, 5.74) is 1.95. The first-order valence-corrected chi connectivity index (χ1v) is 8.63. The molecule has 2 rings (SSSR count). The molecule has 0 aliphatic heterocycles. The van der Waals surface area contributed by atoms with Gasteiger partial charge in [-0.1, -0.05) is 23.7 Å². The molecule has 2 aromatic carbocycles. The van der Waals surface area contributed by atoms with Gasteiger partial charge in [0.2, 0.25) is 11.7 Å². The smallest absolute Gasteiger partial charge is 0.222 e. The van der Waals surface area contributed by atoms with Crippen molar-refractivity contribution in [1.82, 2.24) is 4.90 Å². The van der Waals surface area contributed by atoms with Crippen molar-refractivity contribution in [3.8, 4) is 17.2 Å². The molecule has 26 heavy (non-hydrogen) atoms. The predicted molar refractivity (Wildman–Crippen MR) is 102 cm³/mol. The second-order valence-electron chi connectivity index (χ2n) is 5.91. The number of amides is 1. The Morgan fingerprint density at radius 2 is 1.65 bits per heavy atom. The zero-order valence-corrected chi connectivity index (χ0v) is 16.3. The quantitative estimate of drug-likeness (QED) is 0.698. The van der Waals surface area contributed by atoms with E-state index in [0.29, 0.717) is 41.7 Å². The number of hydrogen-bond donors (Lipinski definition) is 0. The van der Waals surface area contributed by atoms with Gasteiger partial charge < -0.3 is 19.1 Å². The molecular weight excluding hydrogens is 354 g/mol. The molecule has 6 heteroatoms. The summed E-state index contributed by atoms with van der Waals surface area (Å²) in [6.45, 7) is 0.522. The molecule has 2 aromatic rings. The number of carbonyl (C=O) groups excluding carboxylic acids is 1. The van der Waals surface area contributed by atoms with Crippen molar-refractivity contribution in [2.24, 2.45) is 0 Å². The summed E-state index contributed by atoms with van der Waals surface area (Å²) in [4.78, 5) is 14.1. The van der Waals surface area contributed by atoms with Crippen LogP contribution in [0.15, 0.2) is 36.4 Å². The van der Waals surface area contributed by atoms with Crippen LogP contribution in [0.2, 0.25) is 5.02 Å². The molecule has 0 atom stereocenters. The van der Waals surface area contributed by atoms with E-state index in [-0.39, 0.29) is 5.91 Å². The monoisotopic (exact) mass is 377 g/mol. The van der Waals surface area contributed by atoms with Crippen molar-refractivity contribution < 1.29 is 19.0 Å². The molecule has 0 aliphatic rings. The molecule has 0 bridgehead atoms. The molecule has 0 saturated heterocycles. The zero-order chi connectivity index (χ0) is 19.1. The molecule has 0 fully saturated rings. The van der Waals surface area contributed by atoms with Crippen LogP contribution in [-0.2, 0) is 17.8 Å². The van der Waals surface area contributed by atoms with E-state index in [2.05, 4.69) is 0 Å². The van der Waals surface area contributed by atoms with Crippen LogP contribution >= 0.6 is 11.6 Å². The Labute approximate surface area is 159 Å². The molecule has 140 valence electrons. The van der Waals surface area contributed by atoms with Crippen molar-refractivity contribution in [1.29, 1.82) is 0 Å². The van der Waals surface area contributed by atoms with Crippen molar-refractivity contribution in [2.75, 3.05) is 28.4 Å². The first-order valence-electron chi connectivity index (χ1n) is 8.25. The lowest BCUT2D eigenvalue weighted by Gasteiger charge is -2.18. The maximum absolute atomic E-state index is 12.4. The molecule has 0 heterocycles. The molecule has 0 saturated carbocycles. The summed E-state index contributed by atoms with van der Waals surface area (Å²) in [6, 6.07) is 11.2. The number of ether oxygens (including phenoxy) is 3. The molecule has 1 amide bonds. The third-order valence-electron chi connectivity index (χ3n) is 4.09. The highest BCUT2D eigenvalue weighted by Gasteiger charge is 2.15. The van der Waals surface area contributed by atoms with Gasteiger partial charge in [0.05, 0.1) is 21.3 Å². The number of halogens is 1. The van der Waals surface area contributed by atoms with E-state index in [9.17, 15) is 4.79 Å². The van der Waals surface area contributed by atoms with Crippen LogP contribution in [0.5, 0.6) is 17.2 Å². The second kappa shape index (κ2) is 9.34. The molecule has 0 aromatic heterocycles. The topological polar surface area (TPSA) is 48.0 Å². The van der Waals surface area contributed by atoms with E-state index in [0.717, 1.165) is 11.1 Å². The van der Waals surface area contributed by atoms with E-state index in [1.54, 1.807) is 33.3 Å². The number of methoxy groups -OCH3 is 3. The summed E-state index contributed by atoms with van der Waals surface area (Å²) in [5.74, 6) is 1.77. The van der Waals surface area contributed by atoms with Crippen molar-refractivity contribution in [3.05, 3.63) is 52.5 Å². The molecule has 0 aliphatic carbocycles. The highest BCUT2D eigenvalue weighted by Crippen LogP contribution is 2.38. The van der Waals surface area contributed by atoms with Crippen LogP contribution in [0.4, 0.5) is 0 Å². The molecule has 0 radical (unpaired) electrons. The second-order valence-corrected chi connectivity index (χ2v) is 6.35. The number of nitrogens with zero attached hydrogens (tertiary/aromatic N) is 1. The molecule has 0 unspecified atom stereocenters. The fraction of sp³-hybridized carbons (Fsp3) is 0.350. The third-order valence-corrected chi connectivity index (χ3v) is 4.32. The molecule has 0 N–H and O–H groups in total. The van der Waals surface area contributed by atoms with Gasteiger partial charge >= 0.3 is 0 Å². The summed E-state index contributed by atoms with van der Waals surface area (Å²) >= 11 is 5.99. The van der Waals surface area contributed by atoms with Crippen molar-refractivity contribution >= 4 is 17.5 Å². The van der Waals surface area contributed by atoms with E-state index >= 15 is 0 Å². The predicted octanol–water partition coefficient (Wildman–Crippen LogP) is 3.96. The van der Waals surface area contributed by atoms with Crippen molar-refractivity contribution in [3.63, 3.8) is 0 Å². The molecule has 5 nitrogen and oxygen atoms in total. The van der Waals surface area contributed by atoms with E-state index in [1.165, 1.54) is 0 Å². The summed E-state index contributed by atoms with van der Waals surface area (Å²) < 4.78 is 16.0. The standard InChI is InChI=1S/C20H24ClNO4/c1-22(13-15-6-5-7-16(21)10-15)19(23)9-8-14-11-17(24-2)20(26-4)18(12-14)25-3/h5-7,10-12H,8-9,13H2,1-4H3. The average molecular weight is 378 g/mol. The van der Waals surface area contributed by atoms with E-state index in [1.807, 2.05) is 36.4 Å². The lowest BCUT2D eigenvalue weighted by molar-refractivity contribution is -0.130.